The zero-order valence-electron chi connectivity index (χ0n) is 17.8. The minimum absolute atomic E-state index is 0.0326. The molecular weight excluding hydrogens is 348 g/mol. The molecule has 1 aromatic carbocycles. The number of nitrogens with zero attached hydrogens (tertiary/aromatic N) is 3. The van der Waals surface area contributed by atoms with Crippen LogP contribution in [0.15, 0.2) is 47.7 Å². The highest BCUT2D eigenvalue weighted by molar-refractivity contribution is 5.99. The fourth-order valence-electron chi connectivity index (χ4n) is 3.00. The van der Waals surface area contributed by atoms with Gasteiger partial charge in [-0.3, -0.25) is 10.1 Å². The molecule has 1 aliphatic heterocycles. The molecule has 2 heterocycles. The third-order valence-electron chi connectivity index (χ3n) is 5.74. The Kier molecular flexibility index (Phi) is 5.61. The van der Waals surface area contributed by atoms with E-state index in [0.29, 0.717) is 0 Å². The van der Waals surface area contributed by atoms with Gasteiger partial charge in [-0.1, -0.05) is 45.0 Å². The number of H-pyrrole nitrogens is 1. The smallest absolute Gasteiger partial charge is 0.126 e. The first-order valence-electron chi connectivity index (χ1n) is 9.76. The van der Waals surface area contributed by atoms with Gasteiger partial charge in [-0.2, -0.15) is 5.10 Å². The summed E-state index contributed by atoms with van der Waals surface area (Å²) in [4.78, 5) is 7.59. The van der Waals surface area contributed by atoms with Gasteiger partial charge in [0.05, 0.1) is 17.4 Å². The highest BCUT2D eigenvalue weighted by atomic mass is 15.3. The molecule has 150 valence electrons. The minimum atomic E-state index is -0.227. The molecule has 0 spiro atoms. The lowest BCUT2D eigenvalue weighted by Gasteiger charge is -2.36. The molecule has 0 fully saturated rings. The maximum absolute atomic E-state index is 5.24. The summed E-state index contributed by atoms with van der Waals surface area (Å²) in [5.41, 5.74) is 10.7. The second-order valence-electron chi connectivity index (χ2n) is 8.82. The van der Waals surface area contributed by atoms with Crippen molar-refractivity contribution in [3.8, 4) is 0 Å². The summed E-state index contributed by atoms with van der Waals surface area (Å²) in [5.74, 6) is 0.968. The van der Waals surface area contributed by atoms with E-state index in [9.17, 15) is 0 Å². The van der Waals surface area contributed by atoms with Crippen LogP contribution in [-0.2, 0) is 13.1 Å². The predicted octanol–water partition coefficient (Wildman–Crippen LogP) is 3.71. The number of benzene rings is 1. The Balaban J connectivity index is 2.04. The first-order chi connectivity index (χ1) is 13.2. The van der Waals surface area contributed by atoms with Crippen molar-refractivity contribution >= 4 is 11.5 Å². The Morgan fingerprint density at radius 3 is 2.29 bits per heavy atom. The molecule has 6 nitrogen and oxygen atoms in total. The summed E-state index contributed by atoms with van der Waals surface area (Å²) >= 11 is 0. The van der Waals surface area contributed by atoms with Crippen molar-refractivity contribution in [1.82, 2.24) is 25.9 Å². The average Bonchev–Trinajstić information content (AvgIpc) is 3.29. The molecule has 1 aromatic heterocycles. The van der Waals surface area contributed by atoms with Gasteiger partial charge in [-0.15, -0.1) is 0 Å². The number of hydrazine groups is 1. The van der Waals surface area contributed by atoms with Crippen molar-refractivity contribution in [1.29, 1.82) is 0 Å². The third-order valence-corrected chi connectivity index (χ3v) is 5.74. The minimum Gasteiger partial charge on any atom is -0.348 e. The lowest BCUT2D eigenvalue weighted by atomic mass is 9.77. The van der Waals surface area contributed by atoms with Gasteiger partial charge in [-0.05, 0) is 30.4 Å². The quantitative estimate of drug-likeness (QED) is 0.420. The van der Waals surface area contributed by atoms with E-state index in [4.69, 9.17) is 4.99 Å². The van der Waals surface area contributed by atoms with E-state index in [0.717, 1.165) is 30.2 Å². The van der Waals surface area contributed by atoms with Crippen LogP contribution in [0.5, 0.6) is 0 Å². The monoisotopic (exact) mass is 380 g/mol. The largest absolute Gasteiger partial charge is 0.348 e. The molecule has 6 heteroatoms. The van der Waals surface area contributed by atoms with Crippen LogP contribution in [0, 0.1) is 5.41 Å². The Morgan fingerprint density at radius 2 is 1.79 bits per heavy atom. The number of aromatic nitrogens is 2. The van der Waals surface area contributed by atoms with Crippen molar-refractivity contribution in [2.24, 2.45) is 10.4 Å². The maximum Gasteiger partial charge on any atom is 0.126 e. The highest BCUT2D eigenvalue weighted by Gasteiger charge is 2.34. The van der Waals surface area contributed by atoms with Crippen LogP contribution in [0.4, 0.5) is 0 Å². The van der Waals surface area contributed by atoms with E-state index in [1.54, 1.807) is 6.20 Å². The Morgan fingerprint density at radius 1 is 1.14 bits per heavy atom. The van der Waals surface area contributed by atoms with Gasteiger partial charge in [0.25, 0.3) is 0 Å². The summed E-state index contributed by atoms with van der Waals surface area (Å²) in [5, 5.41) is 6.98. The van der Waals surface area contributed by atoms with Crippen molar-refractivity contribution in [2.45, 2.75) is 53.2 Å². The zero-order valence-corrected chi connectivity index (χ0v) is 17.8. The normalized spacial score (nSPS) is 15.7. The molecule has 0 saturated heterocycles. The molecule has 0 amide bonds. The molecular formula is C22H32N6. The number of hydrogen-bond donors (Lipinski definition) is 3. The fourth-order valence-corrected chi connectivity index (χ4v) is 3.00. The van der Waals surface area contributed by atoms with Crippen LogP contribution in [0.3, 0.4) is 0 Å². The van der Waals surface area contributed by atoms with E-state index in [1.165, 1.54) is 11.1 Å². The van der Waals surface area contributed by atoms with Gasteiger partial charge in [0.1, 0.15) is 5.84 Å². The number of aromatic amines is 1. The standard InChI is InChI=1S/C22H32N6/c1-21(2,3)22(4,5)26-20(11-19(27-23-6)18-12-24-25-13-18)28-14-16-9-7-8-10-17(16)15-28/h7-13,23,27H,14-15H2,1-6H3,(H,24,25)/b19-11-,26-20?. The van der Waals surface area contributed by atoms with Gasteiger partial charge >= 0.3 is 0 Å². The van der Waals surface area contributed by atoms with Crippen molar-refractivity contribution in [3.63, 3.8) is 0 Å². The fraction of sp³-hybridized carbons (Fsp3) is 0.455. The van der Waals surface area contributed by atoms with Gasteiger partial charge in [0.15, 0.2) is 0 Å². The van der Waals surface area contributed by atoms with E-state index in [-0.39, 0.29) is 11.0 Å². The number of nitrogens with one attached hydrogen (secondary N) is 3. The summed E-state index contributed by atoms with van der Waals surface area (Å²) in [6, 6.07) is 8.61. The lowest BCUT2D eigenvalue weighted by Crippen LogP contribution is -2.38. The zero-order chi connectivity index (χ0) is 20.4. The molecule has 0 bridgehead atoms. The number of hydrogen-bond acceptors (Lipinski definition) is 4. The van der Waals surface area contributed by atoms with Crippen molar-refractivity contribution < 1.29 is 0 Å². The van der Waals surface area contributed by atoms with Crippen molar-refractivity contribution in [2.75, 3.05) is 7.05 Å². The average molecular weight is 381 g/mol. The molecule has 28 heavy (non-hydrogen) atoms. The van der Waals surface area contributed by atoms with E-state index >= 15 is 0 Å². The van der Waals surface area contributed by atoms with Crippen molar-refractivity contribution in [3.05, 3.63) is 59.4 Å². The summed E-state index contributed by atoms with van der Waals surface area (Å²) in [6.45, 7) is 12.8. The second-order valence-corrected chi connectivity index (χ2v) is 8.82. The molecule has 1 aliphatic rings. The maximum atomic E-state index is 5.24. The molecule has 3 N–H and O–H groups in total. The Bertz CT molecular complexity index is 830. The van der Waals surface area contributed by atoms with Crippen LogP contribution < -0.4 is 10.9 Å². The van der Waals surface area contributed by atoms with Crippen LogP contribution in [-0.4, -0.2) is 33.5 Å². The Hall–Kier alpha value is -2.60. The van der Waals surface area contributed by atoms with Gasteiger partial charge in [0.2, 0.25) is 0 Å². The van der Waals surface area contributed by atoms with E-state index in [1.807, 2.05) is 13.2 Å². The van der Waals surface area contributed by atoms with Gasteiger partial charge < -0.3 is 10.3 Å². The molecule has 0 radical (unpaired) electrons. The Labute approximate surface area is 168 Å². The number of fused-ring (bicyclic) bond motifs is 1. The van der Waals surface area contributed by atoms with Crippen LogP contribution in [0.1, 0.15) is 51.3 Å². The number of aliphatic imine (C=N–C) groups is 1. The number of amidine groups is 1. The highest BCUT2D eigenvalue weighted by Crippen LogP contribution is 2.34. The van der Waals surface area contributed by atoms with Crippen LogP contribution in [0.25, 0.3) is 5.70 Å². The summed E-state index contributed by atoms with van der Waals surface area (Å²) in [7, 11) is 1.86. The molecule has 0 atom stereocenters. The predicted molar refractivity (Wildman–Crippen MR) is 115 cm³/mol. The molecule has 2 aromatic rings. The van der Waals surface area contributed by atoms with Gasteiger partial charge in [0, 0.05) is 38.0 Å². The molecule has 3 rings (SSSR count). The topological polar surface area (TPSA) is 68.3 Å². The molecule has 0 unspecified atom stereocenters. The van der Waals surface area contributed by atoms with Crippen LogP contribution >= 0.6 is 0 Å². The number of rotatable bonds is 5. The molecule has 0 aliphatic carbocycles. The van der Waals surface area contributed by atoms with E-state index < -0.39 is 0 Å². The first-order valence-corrected chi connectivity index (χ1v) is 9.76. The third kappa shape index (κ3) is 4.28. The summed E-state index contributed by atoms with van der Waals surface area (Å²) in [6.07, 6.45) is 5.80. The lowest BCUT2D eigenvalue weighted by molar-refractivity contribution is 0.230. The van der Waals surface area contributed by atoms with Crippen LogP contribution in [0.2, 0.25) is 0 Å². The molecule has 0 saturated carbocycles. The first kappa shape index (κ1) is 20.1. The van der Waals surface area contributed by atoms with Gasteiger partial charge in [-0.25, -0.2) is 5.43 Å². The second kappa shape index (κ2) is 7.80. The SMILES string of the molecule is CNN/C(=C\C(=NC(C)(C)C(C)(C)C)N1Cc2ccccc2C1)c1cn[nH]c1. The summed E-state index contributed by atoms with van der Waals surface area (Å²) < 4.78 is 0. The van der Waals surface area contributed by atoms with E-state index in [2.05, 4.69) is 90.9 Å².